The van der Waals surface area contributed by atoms with Gasteiger partial charge in [0.2, 0.25) is 0 Å². The smallest absolute Gasteiger partial charge is 0.136 e. The van der Waals surface area contributed by atoms with E-state index >= 15 is 0 Å². The highest BCUT2D eigenvalue weighted by atomic mass is 16.3. The Labute approximate surface area is 341 Å². The predicted octanol–water partition coefficient (Wildman–Crippen LogP) is 15.8. The summed E-state index contributed by atoms with van der Waals surface area (Å²) < 4.78 is 8.68. The number of hydrogen-bond acceptors (Lipinski definition) is 2. The van der Waals surface area contributed by atoms with Gasteiger partial charge in [-0.2, -0.15) is 0 Å². The Bertz CT molecular complexity index is 3500. The molecule has 0 saturated heterocycles. The van der Waals surface area contributed by atoms with E-state index in [4.69, 9.17) is 4.42 Å². The molecule has 0 bridgehead atoms. The fraction of sp³-hybridized carbons (Fsp3) is 0. The molecule has 0 unspecified atom stereocenters. The molecule has 0 N–H and O–H groups in total. The number of nitrogens with zero attached hydrogens (tertiary/aromatic N) is 2. The highest BCUT2D eigenvalue weighted by molar-refractivity contribution is 6.15. The number of fused-ring (bicyclic) bond motifs is 9. The lowest BCUT2D eigenvalue weighted by Gasteiger charge is -2.28. The summed E-state index contributed by atoms with van der Waals surface area (Å²) in [6.07, 6.45) is 0. The third kappa shape index (κ3) is 5.36. The predicted molar refractivity (Wildman–Crippen MR) is 249 cm³/mol. The van der Waals surface area contributed by atoms with Crippen LogP contribution in [0.5, 0.6) is 0 Å². The molecule has 12 rings (SSSR count). The number of aromatic nitrogens is 1. The molecular formula is C56H36N2O. The average Bonchev–Trinajstić information content (AvgIpc) is 3.86. The van der Waals surface area contributed by atoms with E-state index in [2.05, 4.69) is 216 Å². The van der Waals surface area contributed by atoms with Crippen LogP contribution in [0.4, 0.5) is 17.1 Å². The zero-order valence-corrected chi connectivity index (χ0v) is 32.1. The molecule has 0 amide bonds. The monoisotopic (exact) mass is 752 g/mol. The molecule has 0 fully saturated rings. The zero-order chi connectivity index (χ0) is 38.9. The summed E-state index contributed by atoms with van der Waals surface area (Å²) >= 11 is 0. The zero-order valence-electron chi connectivity index (χ0n) is 32.1. The molecule has 0 aliphatic rings. The Morgan fingerprint density at radius 3 is 1.68 bits per heavy atom. The van der Waals surface area contributed by atoms with Gasteiger partial charge in [-0.05, 0) is 105 Å². The van der Waals surface area contributed by atoms with Gasteiger partial charge in [0, 0.05) is 44.0 Å². The fourth-order valence-electron chi connectivity index (χ4n) is 9.28. The number of para-hydroxylation sites is 3. The van der Waals surface area contributed by atoms with E-state index in [-0.39, 0.29) is 0 Å². The number of hydrogen-bond donors (Lipinski definition) is 0. The molecule has 0 saturated carbocycles. The third-order valence-electron chi connectivity index (χ3n) is 12.0. The van der Waals surface area contributed by atoms with Gasteiger partial charge in [0.25, 0.3) is 0 Å². The van der Waals surface area contributed by atoms with Crippen LogP contribution in [0.3, 0.4) is 0 Å². The van der Waals surface area contributed by atoms with Crippen molar-refractivity contribution >= 4 is 82.4 Å². The third-order valence-corrected chi connectivity index (χ3v) is 12.0. The van der Waals surface area contributed by atoms with Crippen molar-refractivity contribution in [1.82, 2.24) is 4.57 Å². The van der Waals surface area contributed by atoms with Gasteiger partial charge in [-0.1, -0.05) is 152 Å². The minimum atomic E-state index is 0.894. The number of anilines is 3. The Hall–Kier alpha value is -7.88. The van der Waals surface area contributed by atoms with Crippen LogP contribution in [-0.4, -0.2) is 4.57 Å². The Morgan fingerprint density at radius 2 is 0.932 bits per heavy atom. The fourth-order valence-corrected chi connectivity index (χ4v) is 9.28. The van der Waals surface area contributed by atoms with Crippen molar-refractivity contribution in [3.8, 4) is 27.9 Å². The maximum absolute atomic E-state index is 6.32. The summed E-state index contributed by atoms with van der Waals surface area (Å²) in [7, 11) is 0. The number of rotatable bonds is 6. The minimum Gasteiger partial charge on any atom is -0.456 e. The topological polar surface area (TPSA) is 21.3 Å². The molecule has 0 atom stereocenters. The lowest BCUT2D eigenvalue weighted by atomic mass is 9.97. The molecule has 3 heteroatoms. The van der Waals surface area contributed by atoms with Gasteiger partial charge in [0.15, 0.2) is 0 Å². The SMILES string of the molecule is c1cc(-c2cccc3oc4ccccc4c23)cc(N(c2ccc(-c3ccc(-n4c5ccccc5c5ccccc54)cc3)cc2)c2cc3ccccc3c3ccccc23)c1. The second-order valence-corrected chi connectivity index (χ2v) is 15.3. The van der Waals surface area contributed by atoms with Gasteiger partial charge in [0.1, 0.15) is 11.2 Å². The van der Waals surface area contributed by atoms with Crippen LogP contribution in [0.2, 0.25) is 0 Å². The molecule has 2 aromatic heterocycles. The van der Waals surface area contributed by atoms with E-state index in [9.17, 15) is 0 Å². The van der Waals surface area contributed by atoms with Crippen LogP contribution < -0.4 is 4.90 Å². The van der Waals surface area contributed by atoms with Crippen molar-refractivity contribution in [2.45, 2.75) is 0 Å². The first-order valence-electron chi connectivity index (χ1n) is 20.2. The highest BCUT2D eigenvalue weighted by Crippen LogP contribution is 2.44. The van der Waals surface area contributed by atoms with Gasteiger partial charge in [-0.15, -0.1) is 0 Å². The van der Waals surface area contributed by atoms with Gasteiger partial charge >= 0.3 is 0 Å². The van der Waals surface area contributed by atoms with Crippen LogP contribution in [0.15, 0.2) is 223 Å². The van der Waals surface area contributed by atoms with Crippen molar-refractivity contribution in [3.05, 3.63) is 218 Å². The van der Waals surface area contributed by atoms with Crippen molar-refractivity contribution in [2.75, 3.05) is 4.90 Å². The molecule has 276 valence electrons. The van der Waals surface area contributed by atoms with Gasteiger partial charge < -0.3 is 13.9 Å². The van der Waals surface area contributed by atoms with Crippen LogP contribution >= 0.6 is 0 Å². The second-order valence-electron chi connectivity index (χ2n) is 15.3. The lowest BCUT2D eigenvalue weighted by Crippen LogP contribution is -2.10. The summed E-state index contributed by atoms with van der Waals surface area (Å²) in [5.74, 6) is 0. The first kappa shape index (κ1) is 33.3. The van der Waals surface area contributed by atoms with Gasteiger partial charge in [-0.25, -0.2) is 0 Å². The number of benzene rings is 10. The first-order chi connectivity index (χ1) is 29.3. The minimum absolute atomic E-state index is 0.894. The van der Waals surface area contributed by atoms with Crippen LogP contribution in [0.1, 0.15) is 0 Å². The van der Waals surface area contributed by atoms with E-state index in [1.54, 1.807) is 0 Å². The normalized spacial score (nSPS) is 11.7. The van der Waals surface area contributed by atoms with Gasteiger partial charge in [-0.3, -0.25) is 0 Å². The van der Waals surface area contributed by atoms with Gasteiger partial charge in [0.05, 0.1) is 16.7 Å². The number of furan rings is 1. The van der Waals surface area contributed by atoms with E-state index in [0.717, 1.165) is 61.4 Å². The molecule has 0 spiro atoms. The summed E-state index contributed by atoms with van der Waals surface area (Å²) in [4.78, 5) is 2.42. The van der Waals surface area contributed by atoms with Crippen molar-refractivity contribution < 1.29 is 4.42 Å². The standard InChI is InChI=1S/C56H36N2O/c1-2-16-44-40(13-1)36-53(47-18-4-3-17-46(44)47)57(43-15-11-14-39(35-43)45-22-12-26-55-56(45)50-21-7-10-25-54(50)59-55)41-31-27-37(28-32-41)38-29-33-42(34-30-38)58-51-23-8-5-19-48(51)49-20-6-9-24-52(49)58/h1-36H. The quantitative estimate of drug-likeness (QED) is 0.158. The molecular weight excluding hydrogens is 717 g/mol. The maximum Gasteiger partial charge on any atom is 0.136 e. The molecule has 0 radical (unpaired) electrons. The molecule has 0 aliphatic carbocycles. The summed E-state index contributed by atoms with van der Waals surface area (Å²) in [5, 5.41) is 9.68. The maximum atomic E-state index is 6.32. The summed E-state index contributed by atoms with van der Waals surface area (Å²) in [5.41, 5.74) is 13.3. The van der Waals surface area contributed by atoms with Crippen molar-refractivity contribution in [3.63, 3.8) is 0 Å². The molecule has 12 aromatic rings. The molecule has 2 heterocycles. The van der Waals surface area contributed by atoms with Crippen molar-refractivity contribution in [1.29, 1.82) is 0 Å². The second kappa shape index (κ2) is 13.4. The molecule has 3 nitrogen and oxygen atoms in total. The van der Waals surface area contributed by atoms with Crippen molar-refractivity contribution in [2.24, 2.45) is 0 Å². The Morgan fingerprint density at radius 1 is 0.356 bits per heavy atom. The largest absolute Gasteiger partial charge is 0.456 e. The van der Waals surface area contributed by atoms with Crippen LogP contribution in [0.25, 0.3) is 93.2 Å². The highest BCUT2D eigenvalue weighted by Gasteiger charge is 2.20. The molecule has 10 aromatic carbocycles. The Kier molecular flexibility index (Phi) is 7.54. The first-order valence-corrected chi connectivity index (χ1v) is 20.2. The van der Waals surface area contributed by atoms with Crippen LogP contribution in [-0.2, 0) is 0 Å². The summed E-state index contributed by atoms with van der Waals surface area (Å²) in [6, 6.07) is 78.8. The van der Waals surface area contributed by atoms with E-state index in [1.165, 1.54) is 48.9 Å². The average molecular weight is 753 g/mol. The van der Waals surface area contributed by atoms with E-state index in [1.807, 2.05) is 12.1 Å². The molecule has 59 heavy (non-hydrogen) atoms. The van der Waals surface area contributed by atoms with Crippen LogP contribution in [0, 0.1) is 0 Å². The lowest BCUT2D eigenvalue weighted by molar-refractivity contribution is 0.669. The van der Waals surface area contributed by atoms with E-state index in [0.29, 0.717) is 0 Å². The Balaban J connectivity index is 0.991. The van der Waals surface area contributed by atoms with E-state index < -0.39 is 0 Å². The molecule has 0 aliphatic heterocycles. The summed E-state index contributed by atoms with van der Waals surface area (Å²) in [6.45, 7) is 0.